The van der Waals surface area contributed by atoms with Gasteiger partial charge in [-0.15, -0.1) is 10.2 Å². The molecule has 0 saturated heterocycles. The van der Waals surface area contributed by atoms with Gasteiger partial charge in [0.25, 0.3) is 0 Å². The van der Waals surface area contributed by atoms with Gasteiger partial charge in [-0.05, 0) is 0 Å². The molecule has 2 rings (SSSR count). The summed E-state index contributed by atoms with van der Waals surface area (Å²) in [5.41, 5.74) is 0.493. The minimum Gasteiger partial charge on any atom is -0.508 e. The summed E-state index contributed by atoms with van der Waals surface area (Å²) < 4.78 is 10.4. The molecule has 9 heteroatoms. The normalized spacial score (nSPS) is 10.4. The van der Waals surface area contributed by atoms with E-state index in [1.807, 2.05) is 0 Å². The highest BCUT2D eigenvalue weighted by atomic mass is 32.2. The third-order valence-electron chi connectivity index (χ3n) is 2.53. The number of carboxylic acid groups (broad SMARTS) is 1. The molecule has 21 heavy (non-hydrogen) atoms. The number of benzene rings is 1. The van der Waals surface area contributed by atoms with Crippen LogP contribution in [0.15, 0.2) is 17.3 Å². The molecule has 0 aliphatic rings. The van der Waals surface area contributed by atoms with Crippen LogP contribution in [0.4, 0.5) is 0 Å². The molecule has 0 aliphatic carbocycles. The molecule has 0 amide bonds. The predicted molar refractivity (Wildman–Crippen MR) is 74.9 cm³/mol. The number of phenolic OH excluding ortho intramolecular Hbond substituents is 1. The van der Waals surface area contributed by atoms with Crippen molar-refractivity contribution in [3.8, 4) is 28.6 Å². The number of carbonyl (C=O) groups is 1. The molecule has 2 aromatic rings. The van der Waals surface area contributed by atoms with E-state index in [1.54, 1.807) is 0 Å². The minimum absolute atomic E-state index is 0.00700. The molecular formula is C12H13N3O5S. The second kappa shape index (κ2) is 6.35. The van der Waals surface area contributed by atoms with Crippen LogP contribution in [-0.2, 0) is 4.79 Å². The van der Waals surface area contributed by atoms with Crippen LogP contribution in [0.1, 0.15) is 0 Å². The van der Waals surface area contributed by atoms with Crippen LogP contribution in [0.5, 0.6) is 17.2 Å². The van der Waals surface area contributed by atoms with E-state index in [0.29, 0.717) is 28.0 Å². The van der Waals surface area contributed by atoms with E-state index in [2.05, 4.69) is 15.2 Å². The van der Waals surface area contributed by atoms with E-state index in [9.17, 15) is 9.90 Å². The number of hydrogen-bond donors (Lipinski definition) is 3. The predicted octanol–water partition coefficient (Wildman–Crippen LogP) is 1.37. The first-order valence-electron chi connectivity index (χ1n) is 5.77. The largest absolute Gasteiger partial charge is 0.508 e. The van der Waals surface area contributed by atoms with Crippen LogP contribution in [0, 0.1) is 0 Å². The zero-order chi connectivity index (χ0) is 15.4. The molecule has 8 nitrogen and oxygen atoms in total. The topological polar surface area (TPSA) is 118 Å². The summed E-state index contributed by atoms with van der Waals surface area (Å²) in [4.78, 5) is 13.4. The average Bonchev–Trinajstić information content (AvgIpc) is 2.92. The number of aromatic amines is 1. The molecule has 1 heterocycles. The van der Waals surface area contributed by atoms with Gasteiger partial charge in [-0.1, -0.05) is 11.8 Å². The number of carboxylic acids is 1. The molecule has 3 N–H and O–H groups in total. The maximum atomic E-state index is 10.5. The minimum atomic E-state index is -0.947. The summed E-state index contributed by atoms with van der Waals surface area (Å²) in [6.07, 6.45) is 0. The molecular weight excluding hydrogens is 298 g/mol. The molecule has 0 aliphatic heterocycles. The summed E-state index contributed by atoms with van der Waals surface area (Å²) in [7, 11) is 2.91. The van der Waals surface area contributed by atoms with Gasteiger partial charge in [0.05, 0.1) is 20.0 Å². The number of ether oxygens (including phenoxy) is 2. The molecule has 0 unspecified atom stereocenters. The van der Waals surface area contributed by atoms with E-state index in [1.165, 1.54) is 26.4 Å². The number of aromatic nitrogens is 3. The smallest absolute Gasteiger partial charge is 0.313 e. The average molecular weight is 311 g/mol. The summed E-state index contributed by atoms with van der Waals surface area (Å²) in [5, 5.41) is 26.4. The SMILES string of the molecule is COc1cc(O)cc(OC)c1-c1nnc(SCC(=O)O)[nH]1. The van der Waals surface area contributed by atoms with Crippen molar-refractivity contribution in [1.29, 1.82) is 0 Å². The van der Waals surface area contributed by atoms with Gasteiger partial charge in [0, 0.05) is 12.1 Å². The van der Waals surface area contributed by atoms with Crippen molar-refractivity contribution in [3.05, 3.63) is 12.1 Å². The summed E-state index contributed by atoms with van der Waals surface area (Å²) >= 11 is 1.01. The lowest BCUT2D eigenvalue weighted by atomic mass is 10.1. The highest BCUT2D eigenvalue weighted by Gasteiger charge is 2.18. The monoisotopic (exact) mass is 311 g/mol. The number of methoxy groups -OCH3 is 2. The van der Waals surface area contributed by atoms with Crippen molar-refractivity contribution in [1.82, 2.24) is 15.2 Å². The number of aromatic hydroxyl groups is 1. The maximum Gasteiger partial charge on any atom is 0.313 e. The van der Waals surface area contributed by atoms with Gasteiger partial charge in [0.15, 0.2) is 11.0 Å². The Morgan fingerprint density at radius 1 is 1.29 bits per heavy atom. The first-order valence-corrected chi connectivity index (χ1v) is 6.76. The number of nitrogens with one attached hydrogen (secondary N) is 1. The van der Waals surface area contributed by atoms with Crippen LogP contribution in [0.25, 0.3) is 11.4 Å². The fourth-order valence-corrected chi connectivity index (χ4v) is 2.21. The number of thioether (sulfide) groups is 1. The molecule has 0 radical (unpaired) electrons. The molecule has 1 aromatic heterocycles. The summed E-state index contributed by atoms with van der Waals surface area (Å²) in [6, 6.07) is 2.84. The lowest BCUT2D eigenvalue weighted by molar-refractivity contribution is -0.133. The van der Waals surface area contributed by atoms with E-state index < -0.39 is 5.97 Å². The van der Waals surface area contributed by atoms with Crippen LogP contribution in [0.2, 0.25) is 0 Å². The lowest BCUT2D eigenvalue weighted by Gasteiger charge is -2.11. The van der Waals surface area contributed by atoms with Crippen LogP contribution in [-0.4, -0.2) is 51.3 Å². The molecule has 0 atom stereocenters. The number of nitrogens with zero attached hydrogens (tertiary/aromatic N) is 2. The van der Waals surface area contributed by atoms with E-state index >= 15 is 0 Å². The third-order valence-corrected chi connectivity index (χ3v) is 3.37. The lowest BCUT2D eigenvalue weighted by Crippen LogP contribution is -1.97. The Morgan fingerprint density at radius 2 is 1.90 bits per heavy atom. The second-order valence-corrected chi connectivity index (χ2v) is 4.85. The quantitative estimate of drug-likeness (QED) is 0.685. The van der Waals surface area contributed by atoms with E-state index in [-0.39, 0.29) is 11.5 Å². The highest BCUT2D eigenvalue weighted by Crippen LogP contribution is 2.40. The van der Waals surface area contributed by atoms with Gasteiger partial charge >= 0.3 is 5.97 Å². The van der Waals surface area contributed by atoms with E-state index in [4.69, 9.17) is 14.6 Å². The Labute approximate surface area is 124 Å². The van der Waals surface area contributed by atoms with Crippen molar-refractivity contribution in [3.63, 3.8) is 0 Å². The van der Waals surface area contributed by atoms with Gasteiger partial charge in [0.2, 0.25) is 0 Å². The van der Waals surface area contributed by atoms with Crippen molar-refractivity contribution in [2.75, 3.05) is 20.0 Å². The number of rotatable bonds is 6. The van der Waals surface area contributed by atoms with Crippen molar-refractivity contribution < 1.29 is 24.5 Å². The number of phenols is 1. The third kappa shape index (κ3) is 3.37. The number of aliphatic carboxylic acids is 1. The Morgan fingerprint density at radius 3 is 2.43 bits per heavy atom. The first kappa shape index (κ1) is 15.0. The van der Waals surface area contributed by atoms with Gasteiger partial charge in [-0.3, -0.25) is 4.79 Å². The molecule has 0 saturated carbocycles. The highest BCUT2D eigenvalue weighted by molar-refractivity contribution is 7.99. The summed E-state index contributed by atoms with van der Waals surface area (Å²) in [5.74, 6) is -0.00397. The maximum absolute atomic E-state index is 10.5. The standard InChI is InChI=1S/C12H13N3O5S/c1-19-7-3-6(16)4-8(20-2)10(7)11-13-12(15-14-11)21-5-9(17)18/h3-4,16H,5H2,1-2H3,(H,17,18)(H,13,14,15). The fourth-order valence-electron chi connectivity index (χ4n) is 1.69. The van der Waals surface area contributed by atoms with Crippen LogP contribution in [0.3, 0.4) is 0 Å². The summed E-state index contributed by atoms with van der Waals surface area (Å²) in [6.45, 7) is 0. The molecule has 112 valence electrons. The fraction of sp³-hybridized carbons (Fsp3) is 0.250. The van der Waals surface area contributed by atoms with Gasteiger partial charge < -0.3 is 24.7 Å². The Hall–Kier alpha value is -2.42. The van der Waals surface area contributed by atoms with Gasteiger partial charge in [-0.25, -0.2) is 0 Å². The molecule has 0 fully saturated rings. The molecule has 0 spiro atoms. The van der Waals surface area contributed by atoms with Crippen molar-refractivity contribution in [2.45, 2.75) is 5.16 Å². The van der Waals surface area contributed by atoms with Gasteiger partial charge in [0.1, 0.15) is 22.8 Å². The Kier molecular flexibility index (Phi) is 4.53. The zero-order valence-electron chi connectivity index (χ0n) is 11.3. The molecule has 0 bridgehead atoms. The van der Waals surface area contributed by atoms with Crippen molar-refractivity contribution in [2.24, 2.45) is 0 Å². The first-order chi connectivity index (χ1) is 10.0. The Balaban J connectivity index is 2.39. The van der Waals surface area contributed by atoms with Gasteiger partial charge in [-0.2, -0.15) is 0 Å². The molecule has 1 aromatic carbocycles. The Bertz CT molecular complexity index is 633. The number of hydrogen-bond acceptors (Lipinski definition) is 7. The van der Waals surface area contributed by atoms with Crippen molar-refractivity contribution >= 4 is 17.7 Å². The van der Waals surface area contributed by atoms with Crippen LogP contribution < -0.4 is 9.47 Å². The van der Waals surface area contributed by atoms with Crippen LogP contribution >= 0.6 is 11.8 Å². The van der Waals surface area contributed by atoms with E-state index in [0.717, 1.165) is 11.8 Å². The second-order valence-electron chi connectivity index (χ2n) is 3.89. The number of H-pyrrole nitrogens is 1. The zero-order valence-corrected chi connectivity index (χ0v) is 12.1.